The fourth-order valence-electron chi connectivity index (χ4n) is 1.63. The van der Waals surface area contributed by atoms with Gasteiger partial charge in [0.2, 0.25) is 5.91 Å². The number of benzene rings is 1. The van der Waals surface area contributed by atoms with Gasteiger partial charge in [-0.2, -0.15) is 0 Å². The van der Waals surface area contributed by atoms with E-state index in [1.54, 1.807) is 19.2 Å². The van der Waals surface area contributed by atoms with Crippen molar-refractivity contribution >= 4 is 11.6 Å². The van der Waals surface area contributed by atoms with E-state index < -0.39 is 5.91 Å². The average molecular weight is 208 g/mol. The van der Waals surface area contributed by atoms with E-state index in [0.29, 0.717) is 17.0 Å². The molecule has 0 bridgehead atoms. The van der Waals surface area contributed by atoms with Gasteiger partial charge in [0.1, 0.15) is 5.75 Å². The first-order valence-electron chi connectivity index (χ1n) is 4.75. The van der Waals surface area contributed by atoms with Crippen molar-refractivity contribution in [3.05, 3.63) is 23.3 Å². The molecule has 1 aromatic rings. The number of carbonyl (C=O) groups is 1. The third-order valence-electron chi connectivity index (χ3n) is 2.31. The molecule has 1 amide bonds. The van der Waals surface area contributed by atoms with Crippen LogP contribution in [-0.4, -0.2) is 13.0 Å². The molecule has 0 unspecified atom stereocenters. The van der Waals surface area contributed by atoms with Crippen LogP contribution >= 0.6 is 0 Å². The SMILES string of the molecule is COc1ccc(C(N)=O)c(C(C)C)c1N. The highest BCUT2D eigenvalue weighted by Gasteiger charge is 2.17. The monoisotopic (exact) mass is 208 g/mol. The predicted octanol–water partition coefficient (Wildman–Crippen LogP) is 1.50. The normalized spacial score (nSPS) is 10.4. The maximum atomic E-state index is 11.2. The molecule has 4 heteroatoms. The van der Waals surface area contributed by atoms with Crippen LogP contribution in [0.25, 0.3) is 0 Å². The molecule has 0 saturated carbocycles. The number of nitrogen functional groups attached to an aromatic ring is 1. The van der Waals surface area contributed by atoms with E-state index in [4.69, 9.17) is 16.2 Å². The number of methoxy groups -OCH3 is 1. The standard InChI is InChI=1S/C11H16N2O2/c1-6(2)9-7(11(13)14)4-5-8(15-3)10(9)12/h4-6H,12H2,1-3H3,(H2,13,14). The van der Waals surface area contributed by atoms with Gasteiger partial charge in [-0.25, -0.2) is 0 Å². The van der Waals surface area contributed by atoms with Crippen LogP contribution in [0.4, 0.5) is 5.69 Å². The Kier molecular flexibility index (Phi) is 3.19. The summed E-state index contributed by atoms with van der Waals surface area (Å²) in [4.78, 5) is 11.2. The molecule has 0 aliphatic heterocycles. The van der Waals surface area contributed by atoms with Gasteiger partial charge in [-0.05, 0) is 23.6 Å². The molecular weight excluding hydrogens is 192 g/mol. The van der Waals surface area contributed by atoms with Gasteiger partial charge in [0.05, 0.1) is 12.8 Å². The maximum absolute atomic E-state index is 11.2. The lowest BCUT2D eigenvalue weighted by molar-refractivity contribution is 0.0999. The van der Waals surface area contributed by atoms with Crippen LogP contribution in [0, 0.1) is 0 Å². The first kappa shape index (κ1) is 11.4. The van der Waals surface area contributed by atoms with Gasteiger partial charge in [0.15, 0.2) is 0 Å². The number of ether oxygens (including phenoxy) is 1. The minimum atomic E-state index is -0.465. The maximum Gasteiger partial charge on any atom is 0.249 e. The van der Waals surface area contributed by atoms with Crippen molar-refractivity contribution < 1.29 is 9.53 Å². The second-order valence-electron chi connectivity index (χ2n) is 3.66. The van der Waals surface area contributed by atoms with Crippen molar-refractivity contribution in [2.75, 3.05) is 12.8 Å². The zero-order chi connectivity index (χ0) is 11.6. The van der Waals surface area contributed by atoms with Gasteiger partial charge < -0.3 is 16.2 Å². The highest BCUT2D eigenvalue weighted by atomic mass is 16.5. The van der Waals surface area contributed by atoms with Crippen LogP contribution < -0.4 is 16.2 Å². The molecule has 15 heavy (non-hydrogen) atoms. The molecule has 0 spiro atoms. The number of hydrogen-bond acceptors (Lipinski definition) is 3. The molecule has 4 N–H and O–H groups in total. The van der Waals surface area contributed by atoms with Gasteiger partial charge in [-0.15, -0.1) is 0 Å². The zero-order valence-electron chi connectivity index (χ0n) is 9.20. The average Bonchev–Trinajstić information content (AvgIpc) is 2.16. The Balaban J connectivity index is 3.44. The molecule has 0 aliphatic carbocycles. The second-order valence-corrected chi connectivity index (χ2v) is 3.66. The minimum absolute atomic E-state index is 0.127. The summed E-state index contributed by atoms with van der Waals surface area (Å²) in [6.07, 6.45) is 0. The number of anilines is 1. The van der Waals surface area contributed by atoms with E-state index in [1.165, 1.54) is 0 Å². The van der Waals surface area contributed by atoms with Crippen LogP contribution in [0.2, 0.25) is 0 Å². The largest absolute Gasteiger partial charge is 0.495 e. The Morgan fingerprint density at radius 2 is 2.00 bits per heavy atom. The van der Waals surface area contributed by atoms with Gasteiger partial charge in [-0.1, -0.05) is 13.8 Å². The number of carbonyl (C=O) groups excluding carboxylic acids is 1. The first-order chi connectivity index (χ1) is 6.99. The third-order valence-corrected chi connectivity index (χ3v) is 2.31. The summed E-state index contributed by atoms with van der Waals surface area (Å²) in [7, 11) is 1.54. The Morgan fingerprint density at radius 3 is 2.40 bits per heavy atom. The molecule has 0 fully saturated rings. The van der Waals surface area contributed by atoms with Gasteiger partial charge in [-0.3, -0.25) is 4.79 Å². The van der Waals surface area contributed by atoms with E-state index in [9.17, 15) is 4.79 Å². The van der Waals surface area contributed by atoms with Crippen molar-refractivity contribution in [3.8, 4) is 5.75 Å². The summed E-state index contributed by atoms with van der Waals surface area (Å²) in [5.41, 5.74) is 12.9. The number of hydrogen-bond donors (Lipinski definition) is 2. The summed E-state index contributed by atoms with van der Waals surface area (Å²) in [5, 5.41) is 0. The van der Waals surface area contributed by atoms with E-state index in [2.05, 4.69) is 0 Å². The number of nitrogens with two attached hydrogens (primary N) is 2. The molecule has 0 radical (unpaired) electrons. The number of rotatable bonds is 3. The van der Waals surface area contributed by atoms with Crippen molar-refractivity contribution in [2.24, 2.45) is 5.73 Å². The van der Waals surface area contributed by atoms with Crippen LogP contribution in [0.5, 0.6) is 5.75 Å². The summed E-state index contributed by atoms with van der Waals surface area (Å²) in [6.45, 7) is 3.91. The Morgan fingerprint density at radius 1 is 1.40 bits per heavy atom. The molecular formula is C11H16N2O2. The minimum Gasteiger partial charge on any atom is -0.495 e. The zero-order valence-corrected chi connectivity index (χ0v) is 9.20. The smallest absolute Gasteiger partial charge is 0.249 e. The Hall–Kier alpha value is -1.71. The van der Waals surface area contributed by atoms with Crippen LogP contribution in [0.15, 0.2) is 12.1 Å². The molecule has 0 aliphatic rings. The van der Waals surface area contributed by atoms with Crippen LogP contribution in [0.3, 0.4) is 0 Å². The quantitative estimate of drug-likeness (QED) is 0.739. The lowest BCUT2D eigenvalue weighted by Gasteiger charge is -2.16. The predicted molar refractivity (Wildman–Crippen MR) is 60.0 cm³/mol. The number of amides is 1. The third kappa shape index (κ3) is 2.03. The molecule has 82 valence electrons. The second kappa shape index (κ2) is 4.21. The van der Waals surface area contributed by atoms with Crippen molar-refractivity contribution in [2.45, 2.75) is 19.8 Å². The molecule has 0 heterocycles. The van der Waals surface area contributed by atoms with Crippen LogP contribution in [0.1, 0.15) is 35.7 Å². The fraction of sp³-hybridized carbons (Fsp3) is 0.364. The summed E-state index contributed by atoms with van der Waals surface area (Å²) < 4.78 is 5.09. The molecule has 4 nitrogen and oxygen atoms in total. The summed E-state index contributed by atoms with van der Waals surface area (Å²) in [6, 6.07) is 3.30. The van der Waals surface area contributed by atoms with Gasteiger partial charge >= 0.3 is 0 Å². The molecule has 0 aromatic heterocycles. The Bertz CT molecular complexity index is 386. The molecule has 0 atom stereocenters. The van der Waals surface area contributed by atoms with E-state index >= 15 is 0 Å². The van der Waals surface area contributed by atoms with Crippen LogP contribution in [-0.2, 0) is 0 Å². The van der Waals surface area contributed by atoms with Gasteiger partial charge in [0.25, 0.3) is 0 Å². The molecule has 1 aromatic carbocycles. The van der Waals surface area contributed by atoms with E-state index in [-0.39, 0.29) is 5.92 Å². The van der Waals surface area contributed by atoms with Crippen molar-refractivity contribution in [1.82, 2.24) is 0 Å². The Labute approximate surface area is 89.2 Å². The lowest BCUT2D eigenvalue weighted by atomic mass is 9.94. The summed E-state index contributed by atoms with van der Waals surface area (Å²) in [5.74, 6) is 0.236. The van der Waals surface area contributed by atoms with E-state index in [0.717, 1.165) is 5.56 Å². The number of primary amides is 1. The summed E-state index contributed by atoms with van der Waals surface area (Å²) >= 11 is 0. The topological polar surface area (TPSA) is 78.3 Å². The van der Waals surface area contributed by atoms with Crippen molar-refractivity contribution in [1.29, 1.82) is 0 Å². The first-order valence-corrected chi connectivity index (χ1v) is 4.75. The van der Waals surface area contributed by atoms with Crippen molar-refractivity contribution in [3.63, 3.8) is 0 Å². The highest BCUT2D eigenvalue weighted by molar-refractivity contribution is 5.96. The highest BCUT2D eigenvalue weighted by Crippen LogP contribution is 2.33. The molecule has 0 saturated heterocycles. The lowest BCUT2D eigenvalue weighted by Crippen LogP contribution is -2.16. The van der Waals surface area contributed by atoms with E-state index in [1.807, 2.05) is 13.8 Å². The molecule has 1 rings (SSSR count). The fourth-order valence-corrected chi connectivity index (χ4v) is 1.63. The van der Waals surface area contributed by atoms with Gasteiger partial charge in [0, 0.05) is 5.56 Å².